The van der Waals surface area contributed by atoms with Gasteiger partial charge in [-0.2, -0.15) is 0 Å². The molecule has 4 heteroatoms. The van der Waals surface area contributed by atoms with Crippen molar-refractivity contribution in [3.05, 3.63) is 14.3 Å². The molecule has 1 aliphatic carbocycles. The highest BCUT2D eigenvalue weighted by molar-refractivity contribution is 9.11. The van der Waals surface area contributed by atoms with Crippen molar-refractivity contribution in [2.24, 2.45) is 0 Å². The summed E-state index contributed by atoms with van der Waals surface area (Å²) in [6.45, 7) is 0. The van der Waals surface area contributed by atoms with Gasteiger partial charge in [-0.05, 0) is 63.6 Å². The predicted octanol–water partition coefficient (Wildman–Crippen LogP) is 4.98. The molecular formula is C10H12Br2OS. The number of hydrogen-bond donors (Lipinski definition) is 0. The zero-order chi connectivity index (χ0) is 9.97. The smallest absolute Gasteiger partial charge is 0.189 e. The van der Waals surface area contributed by atoms with Crippen molar-refractivity contribution >= 4 is 43.2 Å². The van der Waals surface area contributed by atoms with Crippen LogP contribution in [0.1, 0.15) is 32.1 Å². The highest BCUT2D eigenvalue weighted by atomic mass is 79.9. The summed E-state index contributed by atoms with van der Waals surface area (Å²) >= 11 is 8.61. The molecule has 0 atom stereocenters. The van der Waals surface area contributed by atoms with Gasteiger partial charge < -0.3 is 4.74 Å². The molecule has 0 saturated heterocycles. The minimum atomic E-state index is 0.436. The maximum atomic E-state index is 5.95. The summed E-state index contributed by atoms with van der Waals surface area (Å²) in [6, 6.07) is 2.04. The van der Waals surface area contributed by atoms with Gasteiger partial charge in [0.2, 0.25) is 0 Å². The second kappa shape index (κ2) is 4.99. The van der Waals surface area contributed by atoms with E-state index in [-0.39, 0.29) is 0 Å². The summed E-state index contributed by atoms with van der Waals surface area (Å²) < 4.78 is 8.14. The SMILES string of the molecule is Brc1cc(Br)c(OC2CCCCC2)s1. The van der Waals surface area contributed by atoms with E-state index in [9.17, 15) is 0 Å². The molecule has 0 radical (unpaired) electrons. The Hall–Kier alpha value is 0.460. The first kappa shape index (κ1) is 11.0. The molecule has 1 saturated carbocycles. The zero-order valence-corrected chi connectivity index (χ0v) is 11.8. The van der Waals surface area contributed by atoms with E-state index in [4.69, 9.17) is 4.74 Å². The molecule has 0 N–H and O–H groups in total. The lowest BCUT2D eigenvalue weighted by Gasteiger charge is -2.22. The summed E-state index contributed by atoms with van der Waals surface area (Å²) in [4.78, 5) is 0. The van der Waals surface area contributed by atoms with Crippen LogP contribution in [0.15, 0.2) is 14.3 Å². The van der Waals surface area contributed by atoms with Crippen LogP contribution in [0.25, 0.3) is 0 Å². The lowest BCUT2D eigenvalue weighted by molar-refractivity contribution is 0.159. The third-order valence-corrected chi connectivity index (χ3v) is 4.83. The van der Waals surface area contributed by atoms with Crippen molar-refractivity contribution in [1.82, 2.24) is 0 Å². The zero-order valence-electron chi connectivity index (χ0n) is 7.76. The predicted molar refractivity (Wildman–Crippen MR) is 67.2 cm³/mol. The Morgan fingerprint density at radius 3 is 2.50 bits per heavy atom. The maximum absolute atomic E-state index is 5.95. The van der Waals surface area contributed by atoms with Crippen molar-refractivity contribution in [2.45, 2.75) is 38.2 Å². The second-order valence-electron chi connectivity index (χ2n) is 3.56. The highest BCUT2D eigenvalue weighted by Crippen LogP contribution is 2.39. The Balaban J connectivity index is 1.98. The molecule has 1 aromatic rings. The van der Waals surface area contributed by atoms with Gasteiger partial charge in [0.15, 0.2) is 5.06 Å². The molecule has 2 rings (SSSR count). The first-order valence-corrected chi connectivity index (χ1v) is 7.27. The normalized spacial score (nSPS) is 18.4. The van der Waals surface area contributed by atoms with Crippen LogP contribution in [0.4, 0.5) is 0 Å². The largest absolute Gasteiger partial charge is 0.480 e. The quantitative estimate of drug-likeness (QED) is 0.737. The van der Waals surface area contributed by atoms with Crippen LogP contribution in [0, 0.1) is 0 Å². The summed E-state index contributed by atoms with van der Waals surface area (Å²) in [7, 11) is 0. The number of thiophene rings is 1. The fourth-order valence-electron chi connectivity index (χ4n) is 1.74. The van der Waals surface area contributed by atoms with E-state index >= 15 is 0 Å². The molecule has 0 unspecified atom stereocenters. The van der Waals surface area contributed by atoms with Crippen LogP contribution in [-0.2, 0) is 0 Å². The topological polar surface area (TPSA) is 9.23 Å². The number of halogens is 2. The lowest BCUT2D eigenvalue weighted by Crippen LogP contribution is -2.19. The van der Waals surface area contributed by atoms with Gasteiger partial charge in [0.25, 0.3) is 0 Å². The van der Waals surface area contributed by atoms with Gasteiger partial charge in [0, 0.05) is 0 Å². The minimum absolute atomic E-state index is 0.436. The molecule has 1 aromatic heterocycles. The highest BCUT2D eigenvalue weighted by Gasteiger charge is 2.17. The molecule has 1 nitrogen and oxygen atoms in total. The van der Waals surface area contributed by atoms with Gasteiger partial charge in [-0.25, -0.2) is 0 Å². The summed E-state index contributed by atoms with van der Waals surface area (Å²) in [5.74, 6) is 0. The van der Waals surface area contributed by atoms with Gasteiger partial charge in [-0.15, -0.1) is 0 Å². The van der Waals surface area contributed by atoms with Crippen molar-refractivity contribution in [3.8, 4) is 5.06 Å². The third-order valence-electron chi connectivity index (χ3n) is 2.45. The standard InChI is InChI=1S/C10H12Br2OS/c11-8-6-9(12)14-10(8)13-7-4-2-1-3-5-7/h6-7H,1-5H2. The van der Waals surface area contributed by atoms with E-state index in [0.29, 0.717) is 6.10 Å². The van der Waals surface area contributed by atoms with Crippen LogP contribution in [0.3, 0.4) is 0 Å². The fraction of sp³-hybridized carbons (Fsp3) is 0.600. The Morgan fingerprint density at radius 2 is 1.93 bits per heavy atom. The minimum Gasteiger partial charge on any atom is -0.480 e. The first-order valence-electron chi connectivity index (χ1n) is 4.87. The molecule has 0 bridgehead atoms. The van der Waals surface area contributed by atoms with Crippen LogP contribution >= 0.6 is 43.2 Å². The van der Waals surface area contributed by atoms with Crippen LogP contribution < -0.4 is 4.74 Å². The summed E-state index contributed by atoms with van der Waals surface area (Å²) in [5.41, 5.74) is 0. The van der Waals surface area contributed by atoms with Gasteiger partial charge >= 0.3 is 0 Å². The molecule has 1 aliphatic rings. The molecule has 14 heavy (non-hydrogen) atoms. The lowest BCUT2D eigenvalue weighted by atomic mass is 9.98. The Morgan fingerprint density at radius 1 is 1.21 bits per heavy atom. The van der Waals surface area contributed by atoms with E-state index in [2.05, 4.69) is 31.9 Å². The molecule has 1 heterocycles. The van der Waals surface area contributed by atoms with Gasteiger partial charge in [0.05, 0.1) is 14.4 Å². The van der Waals surface area contributed by atoms with E-state index < -0.39 is 0 Å². The molecule has 0 amide bonds. The van der Waals surface area contributed by atoms with Gasteiger partial charge in [0.1, 0.15) is 0 Å². The van der Waals surface area contributed by atoms with E-state index in [1.807, 2.05) is 6.07 Å². The summed E-state index contributed by atoms with van der Waals surface area (Å²) in [5, 5.41) is 1.02. The Labute approximate surface area is 105 Å². The van der Waals surface area contributed by atoms with Gasteiger partial charge in [-0.3, -0.25) is 0 Å². The van der Waals surface area contributed by atoms with Crippen molar-refractivity contribution in [3.63, 3.8) is 0 Å². The Kier molecular flexibility index (Phi) is 3.91. The van der Waals surface area contributed by atoms with Crippen LogP contribution in [-0.4, -0.2) is 6.10 Å². The van der Waals surface area contributed by atoms with Gasteiger partial charge in [-0.1, -0.05) is 17.8 Å². The van der Waals surface area contributed by atoms with Crippen LogP contribution in [0.2, 0.25) is 0 Å². The number of rotatable bonds is 2. The number of ether oxygens (including phenoxy) is 1. The molecule has 0 aliphatic heterocycles. The molecule has 1 fully saturated rings. The van der Waals surface area contributed by atoms with E-state index in [1.165, 1.54) is 32.1 Å². The van der Waals surface area contributed by atoms with Crippen molar-refractivity contribution in [1.29, 1.82) is 0 Å². The molecular weight excluding hydrogens is 328 g/mol. The summed E-state index contributed by atoms with van der Waals surface area (Å²) in [6.07, 6.45) is 6.86. The monoisotopic (exact) mass is 338 g/mol. The van der Waals surface area contributed by atoms with Crippen molar-refractivity contribution < 1.29 is 4.74 Å². The second-order valence-corrected chi connectivity index (χ2v) is 6.81. The molecule has 78 valence electrons. The number of hydrogen-bond acceptors (Lipinski definition) is 2. The van der Waals surface area contributed by atoms with E-state index in [0.717, 1.165) is 13.3 Å². The molecule has 0 spiro atoms. The van der Waals surface area contributed by atoms with Crippen molar-refractivity contribution in [2.75, 3.05) is 0 Å². The van der Waals surface area contributed by atoms with Crippen LogP contribution in [0.5, 0.6) is 5.06 Å². The maximum Gasteiger partial charge on any atom is 0.189 e. The Bertz CT molecular complexity index is 305. The first-order chi connectivity index (χ1) is 6.75. The third kappa shape index (κ3) is 2.74. The fourth-order valence-corrected chi connectivity index (χ4v) is 4.13. The average Bonchev–Trinajstić information content (AvgIpc) is 2.47. The molecule has 0 aromatic carbocycles. The average molecular weight is 340 g/mol. The van der Waals surface area contributed by atoms with E-state index in [1.54, 1.807) is 11.3 Å².